The normalized spacial score (nSPS) is 12.3. The highest BCUT2D eigenvalue weighted by atomic mass is 32.2. The number of unbranched alkanes of at least 4 members (excludes halogenated alkanes) is 1. The first-order valence-electron chi connectivity index (χ1n) is 13.4. The molecule has 1 atom stereocenters. The molecule has 12 nitrogen and oxygen atoms in total. The number of halogens is 1. The third kappa shape index (κ3) is 6.23. The predicted octanol–water partition coefficient (Wildman–Crippen LogP) is 4.44. The summed E-state index contributed by atoms with van der Waals surface area (Å²) < 4.78 is 44.3. The zero-order chi connectivity index (χ0) is 30.7. The Morgan fingerprint density at radius 1 is 1.02 bits per heavy atom. The molecular weight excluding hydrogens is 579 g/mol. The summed E-state index contributed by atoms with van der Waals surface area (Å²) in [5, 5.41) is 10.9. The van der Waals surface area contributed by atoms with Gasteiger partial charge in [-0.3, -0.25) is 29.2 Å². The van der Waals surface area contributed by atoms with E-state index >= 15 is 0 Å². The molecule has 0 radical (unpaired) electrons. The highest BCUT2D eigenvalue weighted by molar-refractivity contribution is 7.92. The smallest absolute Gasteiger partial charge is 0.330 e. The number of hydrogen-bond donors (Lipinski definition) is 3. The van der Waals surface area contributed by atoms with E-state index in [0.717, 1.165) is 30.7 Å². The Balaban J connectivity index is 1.52. The number of rotatable bonds is 11. The summed E-state index contributed by atoms with van der Waals surface area (Å²) in [4.78, 5) is 45.3. The van der Waals surface area contributed by atoms with E-state index in [4.69, 9.17) is 0 Å². The first-order valence-corrected chi connectivity index (χ1v) is 14.9. The van der Waals surface area contributed by atoms with Gasteiger partial charge in [-0.2, -0.15) is 0 Å². The summed E-state index contributed by atoms with van der Waals surface area (Å²) in [6, 6.07) is 17.1. The number of fused-ring (bicyclic) bond motifs is 1. The second kappa shape index (κ2) is 12.0. The molecule has 1 unspecified atom stereocenters. The van der Waals surface area contributed by atoms with Crippen molar-refractivity contribution in [2.45, 2.75) is 43.5 Å². The molecule has 0 saturated carbocycles. The maximum Gasteiger partial charge on any atom is 0.330 e. The Morgan fingerprint density at radius 3 is 2.37 bits per heavy atom. The summed E-state index contributed by atoms with van der Waals surface area (Å²) in [6.45, 7) is 2.33. The summed E-state index contributed by atoms with van der Waals surface area (Å²) in [7, 11) is -4.05. The fourth-order valence-corrected chi connectivity index (χ4v) is 5.81. The van der Waals surface area contributed by atoms with Crippen molar-refractivity contribution in [3.63, 3.8) is 0 Å². The van der Waals surface area contributed by atoms with Crippen molar-refractivity contribution < 1.29 is 17.7 Å². The number of aromatic amines is 2. The van der Waals surface area contributed by atoms with Crippen molar-refractivity contribution in [1.82, 2.24) is 19.5 Å². The van der Waals surface area contributed by atoms with E-state index in [1.54, 1.807) is 30.3 Å². The van der Waals surface area contributed by atoms with Crippen LogP contribution in [0.1, 0.15) is 42.6 Å². The molecule has 0 fully saturated rings. The van der Waals surface area contributed by atoms with E-state index in [1.165, 1.54) is 22.8 Å². The van der Waals surface area contributed by atoms with Crippen LogP contribution >= 0.6 is 0 Å². The van der Waals surface area contributed by atoms with E-state index in [1.807, 2.05) is 6.92 Å². The Morgan fingerprint density at radius 2 is 1.72 bits per heavy atom. The molecule has 222 valence electrons. The second-order valence-corrected chi connectivity index (χ2v) is 11.6. The van der Waals surface area contributed by atoms with Gasteiger partial charge in [0.2, 0.25) is 0 Å². The number of nitro benzene ring substituents is 1. The van der Waals surface area contributed by atoms with Crippen LogP contribution in [0.15, 0.2) is 87.3 Å². The summed E-state index contributed by atoms with van der Waals surface area (Å²) in [5.41, 5.74) is 0.152. The highest BCUT2D eigenvalue weighted by Gasteiger charge is 2.24. The number of aromatic nitrogens is 4. The van der Waals surface area contributed by atoms with Crippen LogP contribution in [0.4, 0.5) is 15.8 Å². The SMILES string of the molecule is CCCCn1c(=O)[nH]c(=O)c2[nH]c(C(Cc3ccccc3F)c3ccc(NS(=O)(=O)c4ccc([N+](=O)[O-])cc4)cc3)nc21. The van der Waals surface area contributed by atoms with Crippen molar-refractivity contribution >= 4 is 32.6 Å². The van der Waals surface area contributed by atoms with Crippen LogP contribution in [0.3, 0.4) is 0 Å². The summed E-state index contributed by atoms with van der Waals surface area (Å²) >= 11 is 0. The number of nitrogens with one attached hydrogen (secondary N) is 3. The average molecular weight is 607 g/mol. The highest BCUT2D eigenvalue weighted by Crippen LogP contribution is 2.30. The summed E-state index contributed by atoms with van der Waals surface area (Å²) in [5.74, 6) is -0.689. The minimum absolute atomic E-state index is 0.122. The van der Waals surface area contributed by atoms with Crippen LogP contribution in [-0.2, 0) is 23.0 Å². The van der Waals surface area contributed by atoms with Gasteiger partial charge in [0.05, 0.1) is 9.82 Å². The molecule has 2 heterocycles. The number of imidazole rings is 1. The maximum absolute atomic E-state index is 14.7. The first kappa shape index (κ1) is 29.4. The van der Waals surface area contributed by atoms with Crippen LogP contribution in [0, 0.1) is 15.9 Å². The first-order chi connectivity index (χ1) is 20.6. The topological polar surface area (TPSA) is 173 Å². The van der Waals surface area contributed by atoms with Crippen molar-refractivity contribution in [3.8, 4) is 0 Å². The molecule has 0 bridgehead atoms. The van der Waals surface area contributed by atoms with Gasteiger partial charge in [0.1, 0.15) is 17.2 Å². The number of benzene rings is 3. The largest absolute Gasteiger partial charge is 0.336 e. The molecule has 0 amide bonds. The van der Waals surface area contributed by atoms with E-state index in [9.17, 15) is 32.5 Å². The third-order valence-corrected chi connectivity index (χ3v) is 8.42. The lowest BCUT2D eigenvalue weighted by Crippen LogP contribution is -2.30. The molecule has 0 spiro atoms. The monoisotopic (exact) mass is 606 g/mol. The summed E-state index contributed by atoms with van der Waals surface area (Å²) in [6.07, 6.45) is 1.66. The van der Waals surface area contributed by atoms with Crippen molar-refractivity contribution in [1.29, 1.82) is 0 Å². The van der Waals surface area contributed by atoms with Gasteiger partial charge in [-0.1, -0.05) is 43.7 Å². The maximum atomic E-state index is 14.7. The van der Waals surface area contributed by atoms with Gasteiger partial charge in [0, 0.05) is 30.3 Å². The van der Waals surface area contributed by atoms with Gasteiger partial charge in [-0.15, -0.1) is 0 Å². The van der Waals surface area contributed by atoms with Gasteiger partial charge in [0.25, 0.3) is 21.3 Å². The zero-order valence-electron chi connectivity index (χ0n) is 22.9. The molecule has 0 aliphatic carbocycles. The Kier molecular flexibility index (Phi) is 8.21. The van der Waals surface area contributed by atoms with Gasteiger partial charge in [-0.05, 0) is 54.3 Å². The minimum Gasteiger partial charge on any atom is -0.336 e. The molecule has 2 aromatic heterocycles. The lowest BCUT2D eigenvalue weighted by Gasteiger charge is -2.17. The van der Waals surface area contributed by atoms with Crippen LogP contribution in [0.25, 0.3) is 11.2 Å². The number of H-pyrrole nitrogens is 2. The number of anilines is 1. The Hall–Kier alpha value is -5.11. The quantitative estimate of drug-likeness (QED) is 0.147. The van der Waals surface area contributed by atoms with Gasteiger partial charge >= 0.3 is 5.69 Å². The zero-order valence-corrected chi connectivity index (χ0v) is 23.7. The number of non-ortho nitro benzene ring substituents is 1. The second-order valence-electron chi connectivity index (χ2n) is 9.91. The lowest BCUT2D eigenvalue weighted by atomic mass is 9.91. The molecule has 14 heteroatoms. The number of sulfonamides is 1. The number of nitrogens with zero attached hydrogens (tertiary/aromatic N) is 3. The molecule has 3 N–H and O–H groups in total. The third-order valence-electron chi connectivity index (χ3n) is 7.02. The van der Waals surface area contributed by atoms with Crippen LogP contribution in [0.5, 0.6) is 0 Å². The lowest BCUT2D eigenvalue weighted by molar-refractivity contribution is -0.384. The molecular formula is C29H27FN6O6S. The molecule has 43 heavy (non-hydrogen) atoms. The fraction of sp³-hybridized carbons (Fsp3) is 0.207. The van der Waals surface area contributed by atoms with Crippen molar-refractivity contribution in [2.75, 3.05) is 4.72 Å². The Labute approximate surface area is 244 Å². The predicted molar refractivity (Wildman–Crippen MR) is 158 cm³/mol. The van der Waals surface area contributed by atoms with E-state index in [2.05, 4.69) is 19.7 Å². The fourth-order valence-electron chi connectivity index (χ4n) is 4.75. The average Bonchev–Trinajstić information content (AvgIpc) is 3.43. The molecule has 5 aromatic rings. The van der Waals surface area contributed by atoms with Gasteiger partial charge in [-0.25, -0.2) is 22.6 Å². The molecule has 0 aliphatic rings. The van der Waals surface area contributed by atoms with Crippen molar-refractivity contribution in [2.24, 2.45) is 0 Å². The number of aryl methyl sites for hydroxylation is 1. The van der Waals surface area contributed by atoms with Crippen molar-refractivity contribution in [3.05, 3.63) is 127 Å². The standard InChI is InChI=1S/C29H27FN6O6S/c1-2-3-16-35-27-25(28(37)33-29(35)38)31-26(32-27)23(17-19-6-4-5-7-24(19)30)18-8-10-20(11-9-18)34-43(41,42)22-14-12-21(13-15-22)36(39)40/h4-15,23,34H,2-3,16-17H2,1H3,(H,31,32)(H,33,37,38). The van der Waals surface area contributed by atoms with E-state index in [0.29, 0.717) is 29.9 Å². The Bertz CT molecular complexity index is 2020. The minimum atomic E-state index is -4.05. The molecule has 0 saturated heterocycles. The molecule has 0 aliphatic heterocycles. The van der Waals surface area contributed by atoms with E-state index < -0.39 is 37.9 Å². The van der Waals surface area contributed by atoms with Crippen LogP contribution < -0.4 is 16.0 Å². The van der Waals surface area contributed by atoms with Gasteiger partial charge in [0.15, 0.2) is 5.65 Å². The number of hydrogen-bond acceptors (Lipinski definition) is 7. The van der Waals surface area contributed by atoms with E-state index in [-0.39, 0.29) is 33.9 Å². The van der Waals surface area contributed by atoms with Crippen LogP contribution in [-0.4, -0.2) is 32.9 Å². The molecule has 5 rings (SSSR count). The number of nitro groups is 1. The van der Waals surface area contributed by atoms with Crippen LogP contribution in [0.2, 0.25) is 0 Å². The van der Waals surface area contributed by atoms with Gasteiger partial charge < -0.3 is 4.98 Å². The molecule has 3 aromatic carbocycles.